The van der Waals surface area contributed by atoms with Crippen molar-refractivity contribution in [1.82, 2.24) is 9.80 Å². The summed E-state index contributed by atoms with van der Waals surface area (Å²) < 4.78 is 4.26. The summed E-state index contributed by atoms with van der Waals surface area (Å²) in [5.74, 6) is -1.23. The van der Waals surface area contributed by atoms with Gasteiger partial charge in [0.1, 0.15) is 11.8 Å². The number of anilines is 1. The molecule has 0 radical (unpaired) electrons. The summed E-state index contributed by atoms with van der Waals surface area (Å²) in [6.07, 6.45) is 5.12. The number of aliphatic hydroxyl groups is 1. The average molecular weight is 660 g/mol. The Balaban J connectivity index is 1.61. The van der Waals surface area contributed by atoms with Gasteiger partial charge in [0, 0.05) is 29.1 Å². The van der Waals surface area contributed by atoms with E-state index in [0.717, 1.165) is 5.56 Å². The molecule has 0 saturated carbocycles. The van der Waals surface area contributed by atoms with Crippen LogP contribution in [0, 0.1) is 11.8 Å². The first-order valence-corrected chi connectivity index (χ1v) is 17.4. The quantitative estimate of drug-likeness (QED) is 0.286. The molecule has 3 aliphatic heterocycles. The molecule has 2 bridgehead atoms. The molecule has 1 N–H and O–H groups in total. The van der Waals surface area contributed by atoms with Crippen LogP contribution < -0.4 is 9.64 Å². The summed E-state index contributed by atoms with van der Waals surface area (Å²) in [6, 6.07) is 15.6. The Labute approximate surface area is 283 Å². The lowest BCUT2D eigenvalue weighted by atomic mass is 9.66. The van der Waals surface area contributed by atoms with Gasteiger partial charge in [-0.1, -0.05) is 42.5 Å². The summed E-state index contributed by atoms with van der Waals surface area (Å²) in [6.45, 7) is 18.6. The monoisotopic (exact) mass is 659 g/mol. The highest BCUT2D eigenvalue weighted by atomic mass is 32.2. The Morgan fingerprint density at radius 1 is 1.06 bits per heavy atom. The van der Waals surface area contributed by atoms with Gasteiger partial charge >= 0.3 is 0 Å². The molecule has 3 saturated heterocycles. The minimum absolute atomic E-state index is 0.153. The number of ether oxygens (including phenoxy) is 1. The van der Waals surface area contributed by atoms with E-state index in [4.69, 9.17) is 4.74 Å². The van der Waals surface area contributed by atoms with Crippen molar-refractivity contribution >= 4 is 35.2 Å². The van der Waals surface area contributed by atoms with Crippen molar-refractivity contribution in [2.75, 3.05) is 31.2 Å². The number of hydrogen-bond donors (Lipinski definition) is 1. The summed E-state index contributed by atoms with van der Waals surface area (Å²) in [4.78, 5) is 49.9. The summed E-state index contributed by atoms with van der Waals surface area (Å²) in [5.41, 5.74) is 1.11. The van der Waals surface area contributed by atoms with Crippen LogP contribution in [0.4, 0.5) is 5.69 Å². The molecule has 3 aliphatic rings. The van der Waals surface area contributed by atoms with Crippen LogP contribution in [0.15, 0.2) is 79.9 Å². The van der Waals surface area contributed by atoms with Gasteiger partial charge in [0.15, 0.2) is 0 Å². The predicted octanol–water partition coefficient (Wildman–Crippen LogP) is 5.50. The fraction of sp³-hybridized carbons (Fsp3) is 0.500. The van der Waals surface area contributed by atoms with E-state index in [1.54, 1.807) is 38.6 Å². The molecule has 3 heterocycles. The van der Waals surface area contributed by atoms with Crippen molar-refractivity contribution in [2.24, 2.45) is 11.8 Å². The first-order valence-electron chi connectivity index (χ1n) is 16.6. The molecule has 8 nitrogen and oxygen atoms in total. The van der Waals surface area contributed by atoms with E-state index >= 15 is 4.79 Å². The molecule has 0 aromatic heterocycles. The molecular formula is C38H49N3O5S. The maximum Gasteiger partial charge on any atom is 0.247 e. The van der Waals surface area contributed by atoms with Crippen LogP contribution in [0.1, 0.15) is 53.0 Å². The van der Waals surface area contributed by atoms with E-state index in [2.05, 4.69) is 20.1 Å². The van der Waals surface area contributed by atoms with Gasteiger partial charge < -0.3 is 24.5 Å². The molecule has 0 aliphatic carbocycles. The highest BCUT2D eigenvalue weighted by Crippen LogP contribution is 2.72. The predicted molar refractivity (Wildman–Crippen MR) is 188 cm³/mol. The number of carbonyl (C=O) groups excluding carboxylic acids is 3. The molecule has 1 spiro atoms. The van der Waals surface area contributed by atoms with Gasteiger partial charge in [-0.15, -0.1) is 24.9 Å². The van der Waals surface area contributed by atoms with E-state index in [-0.39, 0.29) is 30.9 Å². The third-order valence-corrected chi connectivity index (χ3v) is 12.0. The average Bonchev–Trinajstić information content (AvgIpc) is 3.62. The zero-order chi connectivity index (χ0) is 34.1. The molecule has 3 amide bonds. The van der Waals surface area contributed by atoms with E-state index in [1.807, 2.05) is 82.3 Å². The Bertz CT molecular complexity index is 1490. The van der Waals surface area contributed by atoms with Crippen LogP contribution in [-0.4, -0.2) is 86.0 Å². The lowest BCUT2D eigenvalue weighted by Gasteiger charge is -2.43. The topological polar surface area (TPSA) is 90.4 Å². The van der Waals surface area contributed by atoms with Crippen LogP contribution in [0.25, 0.3) is 0 Å². The molecular weight excluding hydrogens is 611 g/mol. The summed E-state index contributed by atoms with van der Waals surface area (Å²) in [7, 11) is 0. The molecule has 3 fully saturated rings. The first-order chi connectivity index (χ1) is 22.4. The van der Waals surface area contributed by atoms with Crippen molar-refractivity contribution in [3.8, 4) is 5.75 Å². The molecule has 2 aromatic rings. The number of likely N-dealkylation sites (tertiary alicyclic amines) is 1. The molecule has 5 rings (SSSR count). The highest BCUT2D eigenvalue weighted by molar-refractivity contribution is 8.02. The third-order valence-electron chi connectivity index (χ3n) is 10.1. The molecule has 252 valence electrons. The molecule has 9 heteroatoms. The number of benzene rings is 2. The van der Waals surface area contributed by atoms with Crippen LogP contribution >= 0.6 is 11.8 Å². The standard InChI is InChI=1S/C38H49N3O5S/c1-8-22-39(27-16-18-29(19-17-27)46-10-3)33(43)30-31-34(44)41(28(25-42)24-26-14-12-11-13-15-26)32(38(31)21-20-37(30,7)47-38)35(45)40(23-9-2)36(4,5)6/h8-9,11-19,28,30-32,42H,1-2,10,20-25H2,3-7H3/t28-,30-,31+,32?,37+,38?/m1/s1. The summed E-state index contributed by atoms with van der Waals surface area (Å²) >= 11 is 1.64. The maximum atomic E-state index is 15.0. The van der Waals surface area contributed by atoms with Crippen LogP contribution in [0.5, 0.6) is 5.75 Å². The molecule has 47 heavy (non-hydrogen) atoms. The normalized spacial score (nSPS) is 26.9. The fourth-order valence-electron chi connectivity index (χ4n) is 8.03. The number of aliphatic hydroxyl groups excluding tert-OH is 1. The number of thioether (sulfide) groups is 1. The van der Waals surface area contributed by atoms with Crippen molar-refractivity contribution in [3.63, 3.8) is 0 Å². The number of rotatable bonds is 13. The maximum absolute atomic E-state index is 15.0. The second-order valence-electron chi connectivity index (χ2n) is 14.1. The Morgan fingerprint density at radius 3 is 2.30 bits per heavy atom. The zero-order valence-corrected chi connectivity index (χ0v) is 29.2. The number of carbonyl (C=O) groups is 3. The lowest BCUT2D eigenvalue weighted by Crippen LogP contribution is -2.61. The van der Waals surface area contributed by atoms with Gasteiger partial charge in [-0.25, -0.2) is 0 Å². The number of hydrogen-bond acceptors (Lipinski definition) is 6. The van der Waals surface area contributed by atoms with Gasteiger partial charge in [-0.3, -0.25) is 14.4 Å². The second-order valence-corrected chi connectivity index (χ2v) is 16.0. The number of amides is 3. The molecule has 2 unspecified atom stereocenters. The SMILES string of the molecule is C=CCN(C(=O)[C@H]1[C@H]2C(=O)N([C@@H](CO)Cc3ccccc3)C(C(=O)N(CC=C)C(C)(C)C)C23CC[C@]1(C)S3)c1ccc(OCC)cc1. The van der Waals surface area contributed by atoms with E-state index in [0.29, 0.717) is 43.9 Å². The second kappa shape index (κ2) is 13.5. The third kappa shape index (κ3) is 6.13. The fourth-order valence-corrected chi connectivity index (χ4v) is 10.4. The van der Waals surface area contributed by atoms with Gasteiger partial charge in [-0.2, -0.15) is 0 Å². The minimum Gasteiger partial charge on any atom is -0.494 e. The number of nitrogens with zero attached hydrogens (tertiary/aromatic N) is 3. The van der Waals surface area contributed by atoms with Gasteiger partial charge in [0.25, 0.3) is 0 Å². The largest absolute Gasteiger partial charge is 0.494 e. The smallest absolute Gasteiger partial charge is 0.247 e. The Kier molecular flexibility index (Phi) is 10.00. The molecule has 2 aromatic carbocycles. The Hall–Kier alpha value is -3.56. The van der Waals surface area contributed by atoms with Gasteiger partial charge in [0.2, 0.25) is 17.7 Å². The summed E-state index contributed by atoms with van der Waals surface area (Å²) in [5, 5.41) is 10.9. The van der Waals surface area contributed by atoms with Crippen LogP contribution in [0.2, 0.25) is 0 Å². The van der Waals surface area contributed by atoms with Gasteiger partial charge in [0.05, 0.1) is 35.8 Å². The van der Waals surface area contributed by atoms with Crippen LogP contribution in [0.3, 0.4) is 0 Å². The Morgan fingerprint density at radius 2 is 1.72 bits per heavy atom. The zero-order valence-electron chi connectivity index (χ0n) is 28.4. The highest BCUT2D eigenvalue weighted by Gasteiger charge is 2.78. The number of fused-ring (bicyclic) bond motifs is 1. The van der Waals surface area contributed by atoms with Gasteiger partial charge in [-0.05, 0) is 83.7 Å². The van der Waals surface area contributed by atoms with Crippen molar-refractivity contribution in [2.45, 2.75) is 81.0 Å². The van der Waals surface area contributed by atoms with E-state index in [9.17, 15) is 14.7 Å². The van der Waals surface area contributed by atoms with E-state index in [1.165, 1.54) is 0 Å². The van der Waals surface area contributed by atoms with Crippen molar-refractivity contribution in [1.29, 1.82) is 0 Å². The first kappa shape index (κ1) is 34.8. The van der Waals surface area contributed by atoms with Crippen LogP contribution in [-0.2, 0) is 20.8 Å². The molecule has 6 atom stereocenters. The van der Waals surface area contributed by atoms with E-state index < -0.39 is 39.0 Å². The van der Waals surface area contributed by atoms with Crippen molar-refractivity contribution < 1.29 is 24.2 Å². The van der Waals surface area contributed by atoms with Crippen molar-refractivity contribution in [3.05, 3.63) is 85.5 Å². The minimum atomic E-state index is -0.844. The lowest BCUT2D eigenvalue weighted by molar-refractivity contribution is -0.148.